The molecule has 0 aromatic heterocycles. The van der Waals surface area contributed by atoms with E-state index in [4.69, 9.17) is 4.74 Å². The second kappa shape index (κ2) is 12.2. The molecule has 0 saturated carbocycles. The fourth-order valence-corrected chi connectivity index (χ4v) is 3.22. The highest BCUT2D eigenvalue weighted by Crippen LogP contribution is 2.24. The topological polar surface area (TPSA) is 79.5 Å². The molecule has 3 N–H and O–H groups in total. The maximum atomic E-state index is 12.4. The molecule has 166 valence electrons. The molecule has 6 nitrogen and oxygen atoms in total. The first-order chi connectivity index (χ1) is 15.7. The molecule has 32 heavy (non-hydrogen) atoms. The van der Waals surface area contributed by atoms with Crippen LogP contribution in [0.25, 0.3) is 0 Å². The molecule has 0 saturated heterocycles. The Hall–Kier alpha value is -3.80. The Morgan fingerprint density at radius 3 is 2.50 bits per heavy atom. The van der Waals surface area contributed by atoms with Crippen molar-refractivity contribution in [2.24, 2.45) is 0 Å². The highest BCUT2D eigenvalue weighted by molar-refractivity contribution is 5.98. The zero-order valence-electron chi connectivity index (χ0n) is 18.3. The van der Waals surface area contributed by atoms with Gasteiger partial charge in [0.2, 0.25) is 5.91 Å². The molecule has 0 aliphatic heterocycles. The molecule has 0 spiro atoms. The van der Waals surface area contributed by atoms with Gasteiger partial charge < -0.3 is 20.7 Å². The van der Waals surface area contributed by atoms with Crippen LogP contribution in [0.1, 0.15) is 29.3 Å². The van der Waals surface area contributed by atoms with Gasteiger partial charge >= 0.3 is 0 Å². The summed E-state index contributed by atoms with van der Waals surface area (Å²) in [5.74, 6) is 0.337. The lowest BCUT2D eigenvalue weighted by atomic mass is 10.1. The molecule has 0 aliphatic carbocycles. The first kappa shape index (κ1) is 22.9. The molecule has 0 heterocycles. The number of ether oxygens (including phenoxy) is 1. The lowest BCUT2D eigenvalue weighted by molar-refractivity contribution is -0.114. The lowest BCUT2D eigenvalue weighted by Crippen LogP contribution is -2.24. The Kier molecular flexibility index (Phi) is 8.69. The summed E-state index contributed by atoms with van der Waals surface area (Å²) in [5, 5.41) is 8.70. The summed E-state index contributed by atoms with van der Waals surface area (Å²) in [5.41, 5.74) is 3.13. The van der Waals surface area contributed by atoms with E-state index < -0.39 is 0 Å². The average molecular weight is 432 g/mol. The van der Waals surface area contributed by atoms with E-state index in [-0.39, 0.29) is 18.4 Å². The van der Waals surface area contributed by atoms with Crippen LogP contribution in [0.5, 0.6) is 5.75 Å². The maximum Gasteiger partial charge on any atom is 0.251 e. The fourth-order valence-electron chi connectivity index (χ4n) is 3.22. The van der Waals surface area contributed by atoms with Crippen molar-refractivity contribution in [3.63, 3.8) is 0 Å². The Bertz CT molecular complexity index is 1020. The number of benzene rings is 3. The molecule has 2 amide bonds. The molecular weight excluding hydrogens is 402 g/mol. The first-order valence-corrected chi connectivity index (χ1v) is 10.8. The van der Waals surface area contributed by atoms with E-state index in [1.165, 1.54) is 5.56 Å². The largest absolute Gasteiger partial charge is 0.491 e. The van der Waals surface area contributed by atoms with E-state index in [2.05, 4.69) is 28.1 Å². The number of hydrogen-bond donors (Lipinski definition) is 3. The molecule has 0 aliphatic rings. The molecule has 0 fully saturated rings. The highest BCUT2D eigenvalue weighted by atomic mass is 16.5. The molecular formula is C26H29N3O3. The molecule has 3 rings (SSSR count). The van der Waals surface area contributed by atoms with Crippen molar-refractivity contribution < 1.29 is 14.3 Å². The Labute approximate surface area is 189 Å². The average Bonchev–Trinajstić information content (AvgIpc) is 2.82. The van der Waals surface area contributed by atoms with Gasteiger partial charge in [-0.3, -0.25) is 9.59 Å². The third-order valence-electron chi connectivity index (χ3n) is 4.78. The summed E-state index contributed by atoms with van der Waals surface area (Å²) in [4.78, 5) is 24.4. The first-order valence-electron chi connectivity index (χ1n) is 10.8. The quantitative estimate of drug-likeness (QED) is 0.391. The van der Waals surface area contributed by atoms with Gasteiger partial charge in [-0.2, -0.15) is 0 Å². The van der Waals surface area contributed by atoms with Gasteiger partial charge in [-0.1, -0.05) is 48.5 Å². The van der Waals surface area contributed by atoms with Gasteiger partial charge in [-0.15, -0.1) is 0 Å². The smallest absolute Gasteiger partial charge is 0.251 e. The van der Waals surface area contributed by atoms with E-state index >= 15 is 0 Å². The minimum absolute atomic E-state index is 0.0791. The predicted octanol–water partition coefficient (Wildman–Crippen LogP) is 4.50. The molecule has 6 heteroatoms. The second-order valence-corrected chi connectivity index (χ2v) is 7.28. The highest BCUT2D eigenvalue weighted by Gasteiger charge is 2.09. The zero-order chi connectivity index (χ0) is 22.6. The van der Waals surface area contributed by atoms with Crippen LogP contribution in [-0.4, -0.2) is 31.5 Å². The summed E-state index contributed by atoms with van der Waals surface area (Å²) < 4.78 is 5.94. The van der Waals surface area contributed by atoms with Crippen LogP contribution < -0.4 is 20.7 Å². The molecule has 0 unspecified atom stereocenters. The van der Waals surface area contributed by atoms with Crippen LogP contribution in [0.3, 0.4) is 0 Å². The summed E-state index contributed by atoms with van der Waals surface area (Å²) in [6, 6.07) is 24.8. The molecule has 0 atom stereocenters. The van der Waals surface area contributed by atoms with Gasteiger partial charge in [-0.25, -0.2) is 0 Å². The number of aryl methyl sites for hydroxylation is 1. The zero-order valence-corrected chi connectivity index (χ0v) is 18.3. The van der Waals surface area contributed by atoms with Gasteiger partial charge in [0.15, 0.2) is 0 Å². The van der Waals surface area contributed by atoms with Crippen LogP contribution in [0.4, 0.5) is 11.4 Å². The summed E-state index contributed by atoms with van der Waals surface area (Å²) in [6.45, 7) is 3.08. The van der Waals surface area contributed by atoms with E-state index in [1.807, 2.05) is 49.4 Å². The van der Waals surface area contributed by atoms with Crippen LogP contribution >= 0.6 is 0 Å². The Morgan fingerprint density at radius 2 is 1.69 bits per heavy atom. The number of nitrogens with one attached hydrogen (secondary N) is 3. The number of hydrogen-bond acceptors (Lipinski definition) is 4. The van der Waals surface area contributed by atoms with Crippen molar-refractivity contribution in [1.29, 1.82) is 0 Å². The van der Waals surface area contributed by atoms with Gasteiger partial charge in [0, 0.05) is 17.8 Å². The predicted molar refractivity (Wildman–Crippen MR) is 128 cm³/mol. The Balaban J connectivity index is 1.48. The van der Waals surface area contributed by atoms with Crippen LogP contribution in [-0.2, 0) is 11.2 Å². The van der Waals surface area contributed by atoms with E-state index in [0.29, 0.717) is 30.2 Å². The van der Waals surface area contributed by atoms with Crippen molar-refractivity contribution in [1.82, 2.24) is 5.32 Å². The maximum absolute atomic E-state index is 12.4. The van der Waals surface area contributed by atoms with Crippen LogP contribution in [0, 0.1) is 0 Å². The fraction of sp³-hybridized carbons (Fsp3) is 0.231. The normalized spacial score (nSPS) is 10.3. The number of carbonyl (C=O) groups is 2. The van der Waals surface area contributed by atoms with Crippen molar-refractivity contribution in [2.75, 3.05) is 30.3 Å². The van der Waals surface area contributed by atoms with Crippen molar-refractivity contribution in [2.45, 2.75) is 19.8 Å². The number of anilines is 2. The monoisotopic (exact) mass is 431 g/mol. The standard InChI is InChI=1S/C26H29N3O3/c1-2-27-26(31)21-13-8-14-22(18-21)29-25(30)19-28-23-15-6-7-16-24(23)32-17-9-12-20-10-4-3-5-11-20/h3-8,10-11,13-16,18,28H,2,9,12,17,19H2,1H3,(H,27,31)(H,29,30). The molecule has 3 aromatic rings. The van der Waals surface area contributed by atoms with Crippen molar-refractivity contribution in [3.05, 3.63) is 90.0 Å². The summed E-state index contributed by atoms with van der Waals surface area (Å²) in [6.07, 6.45) is 1.86. The minimum atomic E-state index is -0.211. The summed E-state index contributed by atoms with van der Waals surface area (Å²) in [7, 11) is 0. The third kappa shape index (κ3) is 7.16. The Morgan fingerprint density at radius 1 is 0.906 bits per heavy atom. The number of amides is 2. The van der Waals surface area contributed by atoms with Gasteiger partial charge in [-0.05, 0) is 55.7 Å². The molecule has 3 aromatic carbocycles. The second-order valence-electron chi connectivity index (χ2n) is 7.28. The minimum Gasteiger partial charge on any atom is -0.491 e. The van der Waals surface area contributed by atoms with Crippen LogP contribution in [0.15, 0.2) is 78.9 Å². The number of carbonyl (C=O) groups excluding carboxylic acids is 2. The van der Waals surface area contributed by atoms with Gasteiger partial charge in [0.1, 0.15) is 5.75 Å². The van der Waals surface area contributed by atoms with Crippen molar-refractivity contribution in [3.8, 4) is 5.75 Å². The number of rotatable bonds is 11. The van der Waals surface area contributed by atoms with E-state index in [1.54, 1.807) is 24.3 Å². The van der Waals surface area contributed by atoms with E-state index in [9.17, 15) is 9.59 Å². The molecule has 0 radical (unpaired) electrons. The van der Waals surface area contributed by atoms with Gasteiger partial charge in [0.05, 0.1) is 18.8 Å². The summed E-state index contributed by atoms with van der Waals surface area (Å²) >= 11 is 0. The SMILES string of the molecule is CCNC(=O)c1cccc(NC(=O)CNc2ccccc2OCCCc2ccccc2)c1. The molecule has 0 bridgehead atoms. The van der Waals surface area contributed by atoms with Crippen LogP contribution in [0.2, 0.25) is 0 Å². The third-order valence-corrected chi connectivity index (χ3v) is 4.78. The lowest BCUT2D eigenvalue weighted by Gasteiger charge is -2.13. The number of para-hydroxylation sites is 2. The van der Waals surface area contributed by atoms with E-state index in [0.717, 1.165) is 18.5 Å². The van der Waals surface area contributed by atoms with Crippen molar-refractivity contribution >= 4 is 23.2 Å². The van der Waals surface area contributed by atoms with Gasteiger partial charge in [0.25, 0.3) is 5.91 Å².